The molecule has 1 amide bonds. The van der Waals surface area contributed by atoms with Crippen LogP contribution in [0.5, 0.6) is 0 Å². The third-order valence-corrected chi connectivity index (χ3v) is 4.27. The highest BCUT2D eigenvalue weighted by Gasteiger charge is 2.18. The van der Waals surface area contributed by atoms with Crippen LogP contribution in [0.1, 0.15) is 20.8 Å². The first-order chi connectivity index (χ1) is 10.0. The lowest BCUT2D eigenvalue weighted by Crippen LogP contribution is -2.37. The average molecular weight is 350 g/mol. The van der Waals surface area contributed by atoms with Gasteiger partial charge in [-0.1, -0.05) is 11.6 Å². The normalized spacial score (nSPS) is 12.0. The van der Waals surface area contributed by atoms with E-state index < -0.39 is 21.7 Å². The molecule has 0 aromatic heterocycles. The molecule has 4 N–H and O–H groups in total. The summed E-state index contributed by atoms with van der Waals surface area (Å²) in [6.07, 6.45) is -0.614. The number of halogens is 1. The number of nitrogens with two attached hydrogens (primary N) is 1. The number of hydrogen-bond acceptors (Lipinski definition) is 5. The minimum Gasteiger partial charge on any atom is -0.444 e. The summed E-state index contributed by atoms with van der Waals surface area (Å²) in [7, 11) is -3.77. The van der Waals surface area contributed by atoms with E-state index >= 15 is 0 Å². The van der Waals surface area contributed by atoms with Crippen LogP contribution in [0.4, 0.5) is 10.5 Å². The van der Waals surface area contributed by atoms with Crippen molar-refractivity contribution in [1.29, 1.82) is 0 Å². The van der Waals surface area contributed by atoms with E-state index in [1.165, 1.54) is 18.2 Å². The Labute approximate surface area is 135 Å². The lowest BCUT2D eigenvalue weighted by atomic mass is 10.2. The van der Waals surface area contributed by atoms with Crippen molar-refractivity contribution in [2.24, 2.45) is 0 Å². The number of benzene rings is 1. The van der Waals surface area contributed by atoms with Gasteiger partial charge in [-0.25, -0.2) is 17.9 Å². The predicted molar refractivity (Wildman–Crippen MR) is 85.3 cm³/mol. The number of rotatable bonds is 5. The van der Waals surface area contributed by atoms with E-state index in [2.05, 4.69) is 10.0 Å². The number of carbonyl (C=O) groups excluding carboxylic acids is 1. The maximum Gasteiger partial charge on any atom is 0.407 e. The van der Waals surface area contributed by atoms with Crippen molar-refractivity contribution in [2.45, 2.75) is 31.3 Å². The molecule has 1 aromatic rings. The zero-order chi connectivity index (χ0) is 17.0. The fourth-order valence-corrected chi connectivity index (χ4v) is 3.06. The van der Waals surface area contributed by atoms with Crippen molar-refractivity contribution in [1.82, 2.24) is 10.0 Å². The molecule has 1 rings (SSSR count). The number of hydrogen-bond donors (Lipinski definition) is 3. The van der Waals surface area contributed by atoms with Crippen molar-refractivity contribution in [3.8, 4) is 0 Å². The fourth-order valence-electron chi connectivity index (χ4n) is 1.48. The summed E-state index contributed by atoms with van der Waals surface area (Å²) in [6.45, 7) is 5.29. The first-order valence-electron chi connectivity index (χ1n) is 6.53. The SMILES string of the molecule is CC(C)(C)OC(=O)NCCNS(=O)(=O)c1ccc(N)cc1Cl. The summed E-state index contributed by atoms with van der Waals surface area (Å²) >= 11 is 5.86. The zero-order valence-electron chi connectivity index (χ0n) is 12.6. The first-order valence-corrected chi connectivity index (χ1v) is 8.39. The van der Waals surface area contributed by atoms with Crippen LogP contribution < -0.4 is 15.8 Å². The van der Waals surface area contributed by atoms with Gasteiger partial charge in [0.25, 0.3) is 0 Å². The largest absolute Gasteiger partial charge is 0.444 e. The lowest BCUT2D eigenvalue weighted by Gasteiger charge is -2.19. The molecule has 0 aliphatic carbocycles. The van der Waals surface area contributed by atoms with Crippen LogP contribution in [0.3, 0.4) is 0 Å². The average Bonchev–Trinajstić information content (AvgIpc) is 2.32. The molecule has 0 saturated carbocycles. The van der Waals surface area contributed by atoms with Crippen LogP contribution in [-0.2, 0) is 14.8 Å². The van der Waals surface area contributed by atoms with Gasteiger partial charge in [-0.05, 0) is 39.0 Å². The Bertz CT molecular complexity index is 641. The summed E-state index contributed by atoms with van der Waals surface area (Å²) < 4.78 is 31.5. The van der Waals surface area contributed by atoms with Gasteiger partial charge in [0.05, 0.1) is 5.02 Å². The standard InChI is InChI=1S/C13H20ClN3O4S/c1-13(2,3)21-12(18)16-6-7-17-22(19,20)11-5-4-9(15)8-10(11)14/h4-5,8,17H,6-7,15H2,1-3H3,(H,16,18). The molecule has 0 aliphatic rings. The highest BCUT2D eigenvalue weighted by Crippen LogP contribution is 2.23. The molecule has 124 valence electrons. The summed E-state index contributed by atoms with van der Waals surface area (Å²) in [5.41, 5.74) is 5.28. The van der Waals surface area contributed by atoms with E-state index in [-0.39, 0.29) is 23.0 Å². The van der Waals surface area contributed by atoms with Crippen LogP contribution >= 0.6 is 11.6 Å². The Hall–Kier alpha value is -1.51. The van der Waals surface area contributed by atoms with Gasteiger partial charge in [-0.2, -0.15) is 0 Å². The lowest BCUT2D eigenvalue weighted by molar-refractivity contribution is 0.0529. The van der Waals surface area contributed by atoms with Crippen LogP contribution in [0.15, 0.2) is 23.1 Å². The van der Waals surface area contributed by atoms with Gasteiger partial charge in [-0.3, -0.25) is 0 Å². The van der Waals surface area contributed by atoms with Crippen molar-refractivity contribution in [3.05, 3.63) is 23.2 Å². The molecular formula is C13H20ClN3O4S. The molecule has 0 spiro atoms. The third-order valence-electron chi connectivity index (χ3n) is 2.33. The van der Waals surface area contributed by atoms with Gasteiger partial charge >= 0.3 is 6.09 Å². The number of alkyl carbamates (subject to hydrolysis) is 1. The number of carbonyl (C=O) groups is 1. The first kappa shape index (κ1) is 18.5. The highest BCUT2D eigenvalue weighted by atomic mass is 35.5. The molecule has 0 heterocycles. The Morgan fingerprint density at radius 2 is 1.95 bits per heavy atom. The number of sulfonamides is 1. The zero-order valence-corrected chi connectivity index (χ0v) is 14.2. The molecule has 0 atom stereocenters. The summed E-state index contributed by atoms with van der Waals surface area (Å²) in [5, 5.41) is 2.48. The van der Waals surface area contributed by atoms with Crippen molar-refractivity contribution >= 4 is 33.4 Å². The Kier molecular flexibility index (Phi) is 6.04. The minimum atomic E-state index is -3.77. The van der Waals surface area contributed by atoms with Crippen LogP contribution in [0, 0.1) is 0 Å². The maximum atomic E-state index is 12.1. The molecule has 0 unspecified atom stereocenters. The van der Waals surface area contributed by atoms with Gasteiger partial charge < -0.3 is 15.8 Å². The van der Waals surface area contributed by atoms with Gasteiger partial charge in [0.1, 0.15) is 10.5 Å². The second-order valence-electron chi connectivity index (χ2n) is 5.52. The number of amides is 1. The maximum absolute atomic E-state index is 12.1. The van der Waals surface area contributed by atoms with Gasteiger partial charge in [0, 0.05) is 18.8 Å². The molecule has 0 fully saturated rings. The Morgan fingerprint density at radius 1 is 1.32 bits per heavy atom. The van der Waals surface area contributed by atoms with Crippen LogP contribution in [-0.4, -0.2) is 33.2 Å². The molecule has 0 aliphatic heterocycles. The van der Waals surface area contributed by atoms with E-state index in [0.717, 1.165) is 0 Å². The van der Waals surface area contributed by atoms with E-state index in [4.69, 9.17) is 22.1 Å². The smallest absolute Gasteiger partial charge is 0.407 e. The molecule has 7 nitrogen and oxygen atoms in total. The monoisotopic (exact) mass is 349 g/mol. The van der Waals surface area contributed by atoms with Crippen LogP contribution in [0.25, 0.3) is 0 Å². The molecule has 9 heteroatoms. The number of nitrogen functional groups attached to an aromatic ring is 1. The molecule has 0 radical (unpaired) electrons. The van der Waals surface area contributed by atoms with E-state index in [0.29, 0.717) is 5.69 Å². The predicted octanol–water partition coefficient (Wildman–Crippen LogP) is 1.73. The highest BCUT2D eigenvalue weighted by molar-refractivity contribution is 7.89. The number of nitrogens with one attached hydrogen (secondary N) is 2. The van der Waals surface area contributed by atoms with E-state index in [1.807, 2.05) is 0 Å². The topological polar surface area (TPSA) is 111 Å². The molecule has 1 aromatic carbocycles. The number of anilines is 1. The summed E-state index contributed by atoms with van der Waals surface area (Å²) in [4.78, 5) is 11.3. The van der Waals surface area contributed by atoms with Gasteiger partial charge in [0.2, 0.25) is 10.0 Å². The van der Waals surface area contributed by atoms with Gasteiger partial charge in [0.15, 0.2) is 0 Å². The van der Waals surface area contributed by atoms with E-state index in [9.17, 15) is 13.2 Å². The molecular weight excluding hydrogens is 330 g/mol. The third kappa shape index (κ3) is 6.08. The quantitative estimate of drug-likeness (QED) is 0.553. The van der Waals surface area contributed by atoms with Crippen molar-refractivity contribution in [3.63, 3.8) is 0 Å². The Balaban J connectivity index is 2.52. The van der Waals surface area contributed by atoms with Gasteiger partial charge in [-0.15, -0.1) is 0 Å². The fraction of sp³-hybridized carbons (Fsp3) is 0.462. The molecule has 22 heavy (non-hydrogen) atoms. The summed E-state index contributed by atoms with van der Waals surface area (Å²) in [5.74, 6) is 0. The number of ether oxygens (including phenoxy) is 1. The molecule has 0 saturated heterocycles. The van der Waals surface area contributed by atoms with Crippen LogP contribution in [0.2, 0.25) is 5.02 Å². The minimum absolute atomic E-state index is 0.00226. The second kappa shape index (κ2) is 7.17. The summed E-state index contributed by atoms with van der Waals surface area (Å²) in [6, 6.07) is 4.12. The Morgan fingerprint density at radius 3 is 2.50 bits per heavy atom. The van der Waals surface area contributed by atoms with Crippen molar-refractivity contribution < 1.29 is 17.9 Å². The van der Waals surface area contributed by atoms with Crippen molar-refractivity contribution in [2.75, 3.05) is 18.8 Å². The second-order valence-corrected chi connectivity index (χ2v) is 7.66. The van der Waals surface area contributed by atoms with E-state index in [1.54, 1.807) is 20.8 Å². The molecule has 0 bridgehead atoms.